The number of halogens is 1. The fraction of sp³-hybridized carbons (Fsp3) is 0.263. The van der Waals surface area contributed by atoms with E-state index in [0.717, 1.165) is 4.47 Å². The van der Waals surface area contributed by atoms with Gasteiger partial charge >= 0.3 is 0 Å². The minimum Gasteiger partial charge on any atom is -0.495 e. The zero-order valence-corrected chi connectivity index (χ0v) is 16.1. The molecule has 1 heterocycles. The van der Waals surface area contributed by atoms with E-state index in [0.29, 0.717) is 35.8 Å². The highest BCUT2D eigenvalue weighted by Crippen LogP contribution is 2.33. The number of ether oxygens (including phenoxy) is 2. The average molecular weight is 419 g/mol. The Balaban J connectivity index is 1.79. The van der Waals surface area contributed by atoms with Crippen LogP contribution in [0.1, 0.15) is 12.8 Å². The number of carbonyl (C=O) groups is 2. The molecule has 1 saturated heterocycles. The number of amides is 2. The Morgan fingerprint density at radius 1 is 1.23 bits per heavy atom. The van der Waals surface area contributed by atoms with Gasteiger partial charge in [0.25, 0.3) is 0 Å². The molecule has 26 heavy (non-hydrogen) atoms. The zero-order valence-electron chi connectivity index (χ0n) is 14.5. The van der Waals surface area contributed by atoms with E-state index in [-0.39, 0.29) is 11.8 Å². The molecule has 2 aromatic rings. The standard InChI is InChI=1S/C19H19BrN2O4/c1-22-16(7-9-18(22)23)19(24)21-15-11-14(6-8-17(15)25-2)26-13-5-3-4-12(20)10-13/h3-6,8,10-11,16H,7,9H2,1-2H3,(H,21,24). The minimum atomic E-state index is -0.471. The maximum atomic E-state index is 12.5. The minimum absolute atomic E-state index is 0.0242. The number of hydrogen-bond donors (Lipinski definition) is 1. The van der Waals surface area contributed by atoms with Gasteiger partial charge in [0.15, 0.2) is 0 Å². The maximum Gasteiger partial charge on any atom is 0.247 e. The quantitative estimate of drug-likeness (QED) is 0.801. The molecule has 0 radical (unpaired) electrons. The summed E-state index contributed by atoms with van der Waals surface area (Å²) in [6, 6.07) is 12.2. The second-order valence-electron chi connectivity index (χ2n) is 5.97. The van der Waals surface area contributed by atoms with Crippen LogP contribution in [0.4, 0.5) is 5.69 Å². The molecule has 1 atom stereocenters. The third-order valence-corrected chi connectivity index (χ3v) is 4.75. The van der Waals surface area contributed by atoms with Gasteiger partial charge in [0.1, 0.15) is 23.3 Å². The normalized spacial score (nSPS) is 16.5. The van der Waals surface area contributed by atoms with Crippen molar-refractivity contribution in [2.24, 2.45) is 0 Å². The number of likely N-dealkylation sites (N-methyl/N-ethyl adjacent to an activating group) is 1. The van der Waals surface area contributed by atoms with Gasteiger partial charge in [-0.1, -0.05) is 22.0 Å². The van der Waals surface area contributed by atoms with Crippen LogP contribution in [0.15, 0.2) is 46.9 Å². The van der Waals surface area contributed by atoms with Crippen molar-refractivity contribution in [1.29, 1.82) is 0 Å². The van der Waals surface area contributed by atoms with E-state index in [4.69, 9.17) is 9.47 Å². The third-order valence-electron chi connectivity index (χ3n) is 4.26. The summed E-state index contributed by atoms with van der Waals surface area (Å²) in [6.45, 7) is 0. The average Bonchev–Trinajstić information content (AvgIpc) is 2.94. The summed E-state index contributed by atoms with van der Waals surface area (Å²) in [6.07, 6.45) is 0.898. The molecule has 3 rings (SSSR count). The van der Waals surface area contributed by atoms with Gasteiger partial charge in [-0.2, -0.15) is 0 Å². The number of rotatable bonds is 5. The first-order chi connectivity index (χ1) is 12.5. The molecule has 2 aromatic carbocycles. The van der Waals surface area contributed by atoms with Gasteiger partial charge in [-0.25, -0.2) is 0 Å². The highest BCUT2D eigenvalue weighted by Gasteiger charge is 2.33. The molecule has 0 aromatic heterocycles. The van der Waals surface area contributed by atoms with Gasteiger partial charge in [-0.3, -0.25) is 9.59 Å². The number of nitrogens with zero attached hydrogens (tertiary/aromatic N) is 1. The van der Waals surface area contributed by atoms with Crippen molar-refractivity contribution in [2.45, 2.75) is 18.9 Å². The van der Waals surface area contributed by atoms with E-state index >= 15 is 0 Å². The molecule has 0 aliphatic carbocycles. The summed E-state index contributed by atoms with van der Waals surface area (Å²) >= 11 is 3.40. The monoisotopic (exact) mass is 418 g/mol. The first-order valence-corrected chi connectivity index (χ1v) is 8.95. The van der Waals surface area contributed by atoms with Crippen LogP contribution in [0.3, 0.4) is 0 Å². The predicted molar refractivity (Wildman–Crippen MR) is 102 cm³/mol. The van der Waals surface area contributed by atoms with E-state index in [1.165, 1.54) is 12.0 Å². The number of nitrogens with one attached hydrogen (secondary N) is 1. The summed E-state index contributed by atoms with van der Waals surface area (Å²) < 4.78 is 12.1. The molecule has 0 saturated carbocycles. The first-order valence-electron chi connectivity index (χ1n) is 8.16. The fourth-order valence-corrected chi connectivity index (χ4v) is 3.22. The Kier molecular flexibility index (Phi) is 5.46. The lowest BCUT2D eigenvalue weighted by Crippen LogP contribution is -2.38. The van der Waals surface area contributed by atoms with Crippen LogP contribution in [0.5, 0.6) is 17.2 Å². The Bertz CT molecular complexity index is 840. The topological polar surface area (TPSA) is 67.9 Å². The predicted octanol–water partition coefficient (Wildman–Crippen LogP) is 3.81. The Labute approximate surface area is 160 Å². The number of methoxy groups -OCH3 is 1. The van der Waals surface area contributed by atoms with Crippen LogP contribution in [-0.2, 0) is 9.59 Å². The van der Waals surface area contributed by atoms with Crippen molar-refractivity contribution < 1.29 is 19.1 Å². The maximum absolute atomic E-state index is 12.5. The largest absolute Gasteiger partial charge is 0.495 e. The third kappa shape index (κ3) is 3.99. The van der Waals surface area contributed by atoms with Crippen LogP contribution in [0, 0.1) is 0 Å². The molecule has 1 aliphatic heterocycles. The fourth-order valence-electron chi connectivity index (χ4n) is 2.84. The number of carbonyl (C=O) groups excluding carboxylic acids is 2. The van der Waals surface area contributed by atoms with E-state index in [9.17, 15) is 9.59 Å². The highest BCUT2D eigenvalue weighted by atomic mass is 79.9. The molecule has 1 N–H and O–H groups in total. The lowest BCUT2D eigenvalue weighted by molar-refractivity contribution is -0.131. The summed E-state index contributed by atoms with van der Waals surface area (Å²) in [4.78, 5) is 25.7. The van der Waals surface area contributed by atoms with Gasteiger partial charge in [0.05, 0.1) is 12.8 Å². The summed E-state index contributed by atoms with van der Waals surface area (Å²) in [5.74, 6) is 1.49. The molecule has 1 fully saturated rings. The smallest absolute Gasteiger partial charge is 0.247 e. The summed E-state index contributed by atoms with van der Waals surface area (Å²) in [7, 11) is 3.18. The lowest BCUT2D eigenvalue weighted by atomic mass is 10.2. The van der Waals surface area contributed by atoms with Crippen LogP contribution in [-0.4, -0.2) is 36.9 Å². The van der Waals surface area contributed by atoms with Crippen molar-refractivity contribution in [3.8, 4) is 17.2 Å². The SMILES string of the molecule is COc1ccc(Oc2cccc(Br)c2)cc1NC(=O)C1CCC(=O)N1C. The van der Waals surface area contributed by atoms with Gasteiger partial charge in [0.2, 0.25) is 11.8 Å². The van der Waals surface area contributed by atoms with E-state index in [2.05, 4.69) is 21.2 Å². The second kappa shape index (κ2) is 7.78. The Morgan fingerprint density at radius 2 is 2.00 bits per heavy atom. The van der Waals surface area contributed by atoms with Crippen molar-refractivity contribution in [1.82, 2.24) is 4.90 Å². The Morgan fingerprint density at radius 3 is 2.65 bits per heavy atom. The van der Waals surface area contributed by atoms with Crippen molar-refractivity contribution in [3.05, 3.63) is 46.9 Å². The van der Waals surface area contributed by atoms with Crippen LogP contribution >= 0.6 is 15.9 Å². The molecule has 2 amide bonds. The first kappa shape index (κ1) is 18.3. The Hall–Kier alpha value is -2.54. The molecule has 1 unspecified atom stereocenters. The van der Waals surface area contributed by atoms with Crippen LogP contribution in [0.2, 0.25) is 0 Å². The number of anilines is 1. The van der Waals surface area contributed by atoms with Gasteiger partial charge in [-0.05, 0) is 36.8 Å². The van der Waals surface area contributed by atoms with Crippen molar-refractivity contribution >= 4 is 33.4 Å². The van der Waals surface area contributed by atoms with E-state index in [1.54, 1.807) is 25.2 Å². The molecule has 1 aliphatic rings. The number of benzene rings is 2. The zero-order chi connectivity index (χ0) is 18.7. The van der Waals surface area contributed by atoms with Crippen molar-refractivity contribution in [2.75, 3.05) is 19.5 Å². The van der Waals surface area contributed by atoms with E-state index < -0.39 is 6.04 Å². The lowest BCUT2D eigenvalue weighted by Gasteiger charge is -2.20. The van der Waals surface area contributed by atoms with Gasteiger partial charge in [0, 0.05) is 24.0 Å². The van der Waals surface area contributed by atoms with Crippen molar-refractivity contribution in [3.63, 3.8) is 0 Å². The van der Waals surface area contributed by atoms with E-state index in [1.807, 2.05) is 24.3 Å². The highest BCUT2D eigenvalue weighted by molar-refractivity contribution is 9.10. The number of likely N-dealkylation sites (tertiary alicyclic amines) is 1. The summed E-state index contributed by atoms with van der Waals surface area (Å²) in [5.41, 5.74) is 0.498. The molecule has 0 bridgehead atoms. The van der Waals surface area contributed by atoms with Crippen LogP contribution in [0.25, 0.3) is 0 Å². The molecule has 136 valence electrons. The second-order valence-corrected chi connectivity index (χ2v) is 6.89. The molecule has 6 nitrogen and oxygen atoms in total. The molecule has 0 spiro atoms. The molecular formula is C19H19BrN2O4. The van der Waals surface area contributed by atoms with Crippen LogP contribution < -0.4 is 14.8 Å². The molecular weight excluding hydrogens is 400 g/mol. The summed E-state index contributed by atoms with van der Waals surface area (Å²) in [5, 5.41) is 2.84. The van der Waals surface area contributed by atoms with Gasteiger partial charge in [-0.15, -0.1) is 0 Å². The van der Waals surface area contributed by atoms with Gasteiger partial charge < -0.3 is 19.7 Å². The molecule has 7 heteroatoms. The number of hydrogen-bond acceptors (Lipinski definition) is 4.